The van der Waals surface area contributed by atoms with Crippen molar-refractivity contribution in [3.8, 4) is 0 Å². The van der Waals surface area contributed by atoms with Crippen LogP contribution in [0.2, 0.25) is 5.02 Å². The smallest absolute Gasteiger partial charge is 0.136 e. The molecule has 0 N–H and O–H groups in total. The summed E-state index contributed by atoms with van der Waals surface area (Å²) < 4.78 is 0. The van der Waals surface area contributed by atoms with E-state index < -0.39 is 0 Å². The fourth-order valence-electron chi connectivity index (χ4n) is 1.59. The van der Waals surface area contributed by atoms with Crippen molar-refractivity contribution in [3.05, 3.63) is 23.5 Å². The van der Waals surface area contributed by atoms with Crippen LogP contribution in [0.15, 0.2) is 18.5 Å². The van der Waals surface area contributed by atoms with Gasteiger partial charge in [0.1, 0.15) is 5.78 Å². The molecule has 1 aliphatic rings. The first kappa shape index (κ1) is 9.46. The molecule has 1 fully saturated rings. The van der Waals surface area contributed by atoms with Crippen molar-refractivity contribution in [2.24, 2.45) is 0 Å². The van der Waals surface area contributed by atoms with Crippen LogP contribution >= 0.6 is 11.6 Å². The Morgan fingerprint density at radius 1 is 1.29 bits per heavy atom. The molecule has 3 nitrogen and oxygen atoms in total. The van der Waals surface area contributed by atoms with E-state index in [9.17, 15) is 4.79 Å². The van der Waals surface area contributed by atoms with Crippen LogP contribution < -0.4 is 4.90 Å². The zero-order valence-corrected chi connectivity index (χ0v) is 8.50. The highest BCUT2D eigenvalue weighted by Gasteiger charge is 2.16. The van der Waals surface area contributed by atoms with Gasteiger partial charge in [0, 0.05) is 32.1 Å². The van der Waals surface area contributed by atoms with E-state index in [0.29, 0.717) is 23.6 Å². The van der Waals surface area contributed by atoms with Crippen molar-refractivity contribution >= 4 is 23.1 Å². The summed E-state index contributed by atoms with van der Waals surface area (Å²) >= 11 is 5.84. The molecule has 0 unspecified atom stereocenters. The number of aromatic nitrogens is 1. The van der Waals surface area contributed by atoms with Gasteiger partial charge in [-0.3, -0.25) is 9.78 Å². The van der Waals surface area contributed by atoms with Gasteiger partial charge in [-0.05, 0) is 6.07 Å². The average molecular weight is 211 g/mol. The molecule has 2 heterocycles. The van der Waals surface area contributed by atoms with E-state index in [1.165, 1.54) is 0 Å². The van der Waals surface area contributed by atoms with Crippen LogP contribution in [0, 0.1) is 0 Å². The van der Waals surface area contributed by atoms with Crippen molar-refractivity contribution in [2.45, 2.75) is 12.8 Å². The first-order chi connectivity index (χ1) is 6.75. The highest BCUT2D eigenvalue weighted by molar-refractivity contribution is 6.30. The monoisotopic (exact) mass is 210 g/mol. The highest BCUT2D eigenvalue weighted by Crippen LogP contribution is 2.20. The van der Waals surface area contributed by atoms with E-state index in [2.05, 4.69) is 9.88 Å². The molecule has 0 spiro atoms. The standard InChI is InChI=1S/C10H11ClN2O/c11-8-5-9(7-12-6-8)13-3-1-10(14)2-4-13/h5-7H,1-4H2. The zero-order chi connectivity index (χ0) is 9.97. The molecule has 0 saturated carbocycles. The minimum Gasteiger partial charge on any atom is -0.369 e. The van der Waals surface area contributed by atoms with Gasteiger partial charge in [0.2, 0.25) is 0 Å². The fourth-order valence-corrected chi connectivity index (χ4v) is 1.76. The third kappa shape index (κ3) is 2.04. The van der Waals surface area contributed by atoms with Crippen LogP contribution in [0.1, 0.15) is 12.8 Å². The van der Waals surface area contributed by atoms with Crippen LogP contribution in [0.5, 0.6) is 0 Å². The molecular weight excluding hydrogens is 200 g/mol. The van der Waals surface area contributed by atoms with E-state index in [1.54, 1.807) is 12.4 Å². The molecule has 14 heavy (non-hydrogen) atoms. The SMILES string of the molecule is O=C1CCN(c2cncc(Cl)c2)CC1. The first-order valence-electron chi connectivity index (χ1n) is 4.63. The Labute approximate surface area is 87.7 Å². The topological polar surface area (TPSA) is 33.2 Å². The maximum Gasteiger partial charge on any atom is 0.136 e. The van der Waals surface area contributed by atoms with Gasteiger partial charge in [0.25, 0.3) is 0 Å². The third-order valence-electron chi connectivity index (χ3n) is 2.38. The van der Waals surface area contributed by atoms with Crippen LogP contribution in [0.4, 0.5) is 5.69 Å². The van der Waals surface area contributed by atoms with E-state index in [-0.39, 0.29) is 0 Å². The molecular formula is C10H11ClN2O. The normalized spacial score (nSPS) is 17.2. The van der Waals surface area contributed by atoms with Crippen LogP contribution in [-0.4, -0.2) is 23.9 Å². The predicted molar refractivity (Wildman–Crippen MR) is 55.7 cm³/mol. The molecule has 0 aliphatic carbocycles. The van der Waals surface area contributed by atoms with Gasteiger partial charge >= 0.3 is 0 Å². The zero-order valence-electron chi connectivity index (χ0n) is 7.74. The van der Waals surface area contributed by atoms with Crippen molar-refractivity contribution in [1.29, 1.82) is 0 Å². The van der Waals surface area contributed by atoms with Gasteiger partial charge in [-0.2, -0.15) is 0 Å². The van der Waals surface area contributed by atoms with Crippen molar-refractivity contribution in [2.75, 3.05) is 18.0 Å². The van der Waals surface area contributed by atoms with Gasteiger partial charge in [-0.1, -0.05) is 11.6 Å². The summed E-state index contributed by atoms with van der Waals surface area (Å²) in [5.74, 6) is 0.344. The average Bonchev–Trinajstić information content (AvgIpc) is 2.19. The maximum absolute atomic E-state index is 11.0. The number of carbonyl (C=O) groups is 1. The van der Waals surface area contributed by atoms with Crippen LogP contribution in [0.3, 0.4) is 0 Å². The molecule has 74 valence electrons. The third-order valence-corrected chi connectivity index (χ3v) is 2.58. The Hall–Kier alpha value is -1.09. The lowest BCUT2D eigenvalue weighted by atomic mass is 10.1. The number of nitrogens with zero attached hydrogens (tertiary/aromatic N) is 2. The molecule has 0 aromatic carbocycles. The van der Waals surface area contributed by atoms with Crippen LogP contribution in [-0.2, 0) is 4.79 Å². The minimum atomic E-state index is 0.344. The summed E-state index contributed by atoms with van der Waals surface area (Å²) in [5, 5.41) is 0.638. The fraction of sp³-hybridized carbons (Fsp3) is 0.400. The summed E-state index contributed by atoms with van der Waals surface area (Å²) in [6.07, 6.45) is 4.65. The molecule has 0 radical (unpaired) electrons. The lowest BCUT2D eigenvalue weighted by Gasteiger charge is -2.27. The number of pyridine rings is 1. The summed E-state index contributed by atoms with van der Waals surface area (Å²) in [4.78, 5) is 17.2. The predicted octanol–water partition coefficient (Wildman–Crippen LogP) is 1.90. The second-order valence-corrected chi connectivity index (χ2v) is 3.82. The van der Waals surface area contributed by atoms with Crippen molar-refractivity contribution < 1.29 is 4.79 Å². The Kier molecular flexibility index (Phi) is 2.68. The number of carbonyl (C=O) groups excluding carboxylic acids is 1. The number of hydrogen-bond donors (Lipinski definition) is 0. The minimum absolute atomic E-state index is 0.344. The Bertz CT molecular complexity index is 344. The maximum atomic E-state index is 11.0. The van der Waals surface area contributed by atoms with Gasteiger partial charge < -0.3 is 4.90 Å². The summed E-state index contributed by atoms with van der Waals surface area (Å²) in [6, 6.07) is 1.88. The number of hydrogen-bond acceptors (Lipinski definition) is 3. The first-order valence-corrected chi connectivity index (χ1v) is 5.01. The number of halogens is 1. The second kappa shape index (κ2) is 3.96. The molecule has 4 heteroatoms. The number of Topliss-reactive ketones (excluding diaryl/α,β-unsaturated/α-hetero) is 1. The number of piperidine rings is 1. The summed E-state index contributed by atoms with van der Waals surface area (Å²) in [6.45, 7) is 1.56. The molecule has 2 rings (SSSR count). The molecule has 1 saturated heterocycles. The molecule has 0 amide bonds. The number of rotatable bonds is 1. The second-order valence-electron chi connectivity index (χ2n) is 3.39. The Balaban J connectivity index is 2.12. The Morgan fingerprint density at radius 2 is 2.00 bits per heavy atom. The number of ketones is 1. The van der Waals surface area contributed by atoms with Gasteiger partial charge in [-0.25, -0.2) is 0 Å². The van der Waals surface area contributed by atoms with E-state index in [4.69, 9.17) is 11.6 Å². The molecule has 1 aromatic rings. The van der Waals surface area contributed by atoms with Crippen molar-refractivity contribution in [1.82, 2.24) is 4.98 Å². The summed E-state index contributed by atoms with van der Waals surface area (Å²) in [7, 11) is 0. The van der Waals surface area contributed by atoms with Gasteiger partial charge in [0.15, 0.2) is 0 Å². The largest absolute Gasteiger partial charge is 0.369 e. The molecule has 1 aliphatic heterocycles. The number of anilines is 1. The molecule has 0 atom stereocenters. The lowest BCUT2D eigenvalue weighted by molar-refractivity contribution is -0.119. The van der Waals surface area contributed by atoms with Gasteiger partial charge in [0.05, 0.1) is 16.9 Å². The summed E-state index contributed by atoms with van der Waals surface area (Å²) in [5.41, 5.74) is 1.00. The highest BCUT2D eigenvalue weighted by atomic mass is 35.5. The molecule has 1 aromatic heterocycles. The van der Waals surface area contributed by atoms with Crippen LogP contribution in [0.25, 0.3) is 0 Å². The quantitative estimate of drug-likeness (QED) is 0.710. The van der Waals surface area contributed by atoms with E-state index >= 15 is 0 Å². The Morgan fingerprint density at radius 3 is 2.64 bits per heavy atom. The van der Waals surface area contributed by atoms with Crippen molar-refractivity contribution in [3.63, 3.8) is 0 Å². The van der Waals surface area contributed by atoms with E-state index in [0.717, 1.165) is 18.8 Å². The lowest BCUT2D eigenvalue weighted by Crippen LogP contribution is -2.33. The van der Waals surface area contributed by atoms with E-state index in [1.807, 2.05) is 6.07 Å². The molecule has 0 bridgehead atoms. The van der Waals surface area contributed by atoms with Gasteiger partial charge in [-0.15, -0.1) is 0 Å².